The van der Waals surface area contributed by atoms with Gasteiger partial charge in [0.15, 0.2) is 6.29 Å². The number of benzene rings is 1. The number of likely N-dealkylation sites (tertiary alicyclic amines) is 1. The first-order valence-corrected chi connectivity index (χ1v) is 11.4. The standard InChI is InChI=1S/C27H35N3O/c1-4-6-9-22(5-2)25(28)17-24(19-31)27-18-23-11-10-21(16-26(23)29-27)15-20-8-7-13-30(3)14-12-20/h5,9-11,16-20,28-29H,2,4,6-8,12-15H2,1,3H3/b22-9+,24-17+,28-25?. The molecule has 1 aromatic carbocycles. The van der Waals surface area contributed by atoms with E-state index in [1.165, 1.54) is 37.9 Å². The van der Waals surface area contributed by atoms with Crippen LogP contribution in [0.25, 0.3) is 16.5 Å². The van der Waals surface area contributed by atoms with Crippen molar-refractivity contribution in [3.05, 3.63) is 65.9 Å². The third kappa shape index (κ3) is 6.14. The maximum absolute atomic E-state index is 11.8. The van der Waals surface area contributed by atoms with Crippen LogP contribution < -0.4 is 0 Å². The number of carbonyl (C=O) groups excluding carboxylic acids is 1. The maximum Gasteiger partial charge on any atom is 0.152 e. The van der Waals surface area contributed by atoms with Crippen molar-refractivity contribution in [3.8, 4) is 0 Å². The van der Waals surface area contributed by atoms with Crippen LogP contribution >= 0.6 is 0 Å². The summed E-state index contributed by atoms with van der Waals surface area (Å²) in [4.78, 5) is 17.6. The van der Waals surface area contributed by atoms with Gasteiger partial charge in [-0.1, -0.05) is 44.2 Å². The van der Waals surface area contributed by atoms with Crippen LogP contribution in [0, 0.1) is 11.3 Å². The fraction of sp³-hybridized carbons (Fsp3) is 0.407. The van der Waals surface area contributed by atoms with Crippen molar-refractivity contribution < 1.29 is 4.79 Å². The van der Waals surface area contributed by atoms with E-state index in [1.54, 1.807) is 12.2 Å². The van der Waals surface area contributed by atoms with Gasteiger partial charge in [0.2, 0.25) is 0 Å². The second kappa shape index (κ2) is 11.1. The Morgan fingerprint density at radius 1 is 1.29 bits per heavy atom. The molecule has 0 bridgehead atoms. The summed E-state index contributed by atoms with van der Waals surface area (Å²) in [5.74, 6) is 0.731. The number of rotatable bonds is 9. The molecule has 3 rings (SSSR count). The number of aromatic nitrogens is 1. The molecule has 4 heteroatoms. The van der Waals surface area contributed by atoms with Gasteiger partial charge in [0.25, 0.3) is 0 Å². The second-order valence-corrected chi connectivity index (χ2v) is 8.69. The third-order valence-electron chi connectivity index (χ3n) is 6.20. The van der Waals surface area contributed by atoms with E-state index in [1.807, 2.05) is 12.1 Å². The van der Waals surface area contributed by atoms with Crippen molar-refractivity contribution in [1.29, 1.82) is 5.41 Å². The first-order valence-electron chi connectivity index (χ1n) is 11.4. The zero-order valence-corrected chi connectivity index (χ0v) is 18.9. The molecule has 0 radical (unpaired) electrons. The Balaban J connectivity index is 1.80. The molecule has 0 spiro atoms. The molecule has 0 saturated carbocycles. The number of H-pyrrole nitrogens is 1. The molecule has 1 unspecified atom stereocenters. The number of aldehydes is 1. The van der Waals surface area contributed by atoms with Crippen LogP contribution in [0.1, 0.15) is 50.3 Å². The Morgan fingerprint density at radius 3 is 2.87 bits per heavy atom. The molecule has 1 aromatic heterocycles. The van der Waals surface area contributed by atoms with Crippen molar-refractivity contribution >= 4 is 28.5 Å². The number of carbonyl (C=O) groups is 1. The lowest BCUT2D eigenvalue weighted by Gasteiger charge is -2.15. The first-order chi connectivity index (χ1) is 15.0. The van der Waals surface area contributed by atoms with Crippen molar-refractivity contribution in [1.82, 2.24) is 9.88 Å². The van der Waals surface area contributed by atoms with Crippen LogP contribution in [0.15, 0.2) is 54.6 Å². The average Bonchev–Trinajstić information content (AvgIpc) is 3.08. The largest absolute Gasteiger partial charge is 0.354 e. The van der Waals surface area contributed by atoms with Gasteiger partial charge in [0.05, 0.1) is 5.71 Å². The van der Waals surface area contributed by atoms with E-state index in [9.17, 15) is 4.79 Å². The van der Waals surface area contributed by atoms with Crippen molar-refractivity contribution in [2.24, 2.45) is 5.92 Å². The molecule has 2 N–H and O–H groups in total. The number of aromatic amines is 1. The van der Waals surface area contributed by atoms with Gasteiger partial charge in [-0.05, 0) is 87.5 Å². The van der Waals surface area contributed by atoms with Gasteiger partial charge < -0.3 is 15.3 Å². The molecular weight excluding hydrogens is 382 g/mol. The lowest BCUT2D eigenvalue weighted by Crippen LogP contribution is -2.19. The highest BCUT2D eigenvalue weighted by atomic mass is 16.1. The molecule has 0 aliphatic carbocycles. The molecule has 4 nitrogen and oxygen atoms in total. The van der Waals surface area contributed by atoms with Gasteiger partial charge in [0, 0.05) is 22.2 Å². The first kappa shape index (κ1) is 23.0. The molecule has 31 heavy (non-hydrogen) atoms. The number of nitrogens with zero attached hydrogens (tertiary/aromatic N) is 1. The highest BCUT2D eigenvalue weighted by Gasteiger charge is 2.16. The van der Waals surface area contributed by atoms with E-state index < -0.39 is 0 Å². The van der Waals surface area contributed by atoms with E-state index in [0.29, 0.717) is 11.3 Å². The molecule has 1 aliphatic rings. The predicted octanol–water partition coefficient (Wildman–Crippen LogP) is 5.96. The molecule has 2 aromatic rings. The van der Waals surface area contributed by atoms with Crippen LogP contribution in [0.5, 0.6) is 0 Å². The Bertz CT molecular complexity index is 995. The Kier molecular flexibility index (Phi) is 8.19. The van der Waals surface area contributed by atoms with Crippen LogP contribution in [0.2, 0.25) is 0 Å². The summed E-state index contributed by atoms with van der Waals surface area (Å²) in [5.41, 5.74) is 4.69. The van der Waals surface area contributed by atoms with Gasteiger partial charge in [0.1, 0.15) is 0 Å². The third-order valence-corrected chi connectivity index (χ3v) is 6.20. The lowest BCUT2D eigenvalue weighted by atomic mass is 9.92. The zero-order chi connectivity index (χ0) is 22.2. The topological polar surface area (TPSA) is 60.0 Å². The Hall–Kier alpha value is -2.72. The molecule has 1 saturated heterocycles. The number of unbranched alkanes of at least 4 members (excludes halogenated alkanes) is 1. The van der Waals surface area contributed by atoms with Gasteiger partial charge in [-0.15, -0.1) is 0 Å². The average molecular weight is 418 g/mol. The monoisotopic (exact) mass is 417 g/mol. The summed E-state index contributed by atoms with van der Waals surface area (Å²) >= 11 is 0. The summed E-state index contributed by atoms with van der Waals surface area (Å²) in [6, 6.07) is 8.57. The molecule has 0 amide bonds. The number of fused-ring (bicyclic) bond motifs is 1. The molecule has 1 atom stereocenters. The highest BCUT2D eigenvalue weighted by Crippen LogP contribution is 2.26. The number of hydrogen-bond donors (Lipinski definition) is 2. The number of allylic oxidation sites excluding steroid dienone is 5. The van der Waals surface area contributed by atoms with Crippen molar-refractivity contribution in [3.63, 3.8) is 0 Å². The number of nitrogens with one attached hydrogen (secondary N) is 2. The fourth-order valence-electron chi connectivity index (χ4n) is 4.32. The van der Waals surface area contributed by atoms with Crippen molar-refractivity contribution in [2.75, 3.05) is 20.1 Å². The Morgan fingerprint density at radius 2 is 2.13 bits per heavy atom. The second-order valence-electron chi connectivity index (χ2n) is 8.69. The molecule has 1 aliphatic heterocycles. The van der Waals surface area contributed by atoms with Gasteiger partial charge in [-0.3, -0.25) is 4.79 Å². The summed E-state index contributed by atoms with van der Waals surface area (Å²) in [7, 11) is 2.21. The van der Waals surface area contributed by atoms with Gasteiger partial charge in [-0.2, -0.15) is 0 Å². The summed E-state index contributed by atoms with van der Waals surface area (Å²) in [6.07, 6.45) is 12.9. The summed E-state index contributed by atoms with van der Waals surface area (Å²) < 4.78 is 0. The lowest BCUT2D eigenvalue weighted by molar-refractivity contribution is -0.103. The van der Waals surface area contributed by atoms with Crippen LogP contribution in [-0.4, -0.2) is 42.0 Å². The van der Waals surface area contributed by atoms with E-state index in [4.69, 9.17) is 5.41 Å². The van der Waals surface area contributed by atoms with Crippen LogP contribution in [-0.2, 0) is 11.2 Å². The minimum absolute atomic E-state index is 0.309. The fourth-order valence-corrected chi connectivity index (χ4v) is 4.32. The van der Waals surface area contributed by atoms with E-state index in [2.05, 4.69) is 48.6 Å². The van der Waals surface area contributed by atoms with Crippen molar-refractivity contribution in [2.45, 2.75) is 45.4 Å². The van der Waals surface area contributed by atoms with Crippen LogP contribution in [0.4, 0.5) is 0 Å². The summed E-state index contributed by atoms with van der Waals surface area (Å²) in [5, 5.41) is 9.45. The maximum atomic E-state index is 11.8. The molecule has 1 fully saturated rings. The molecule has 2 heterocycles. The highest BCUT2D eigenvalue weighted by molar-refractivity contribution is 6.20. The zero-order valence-electron chi connectivity index (χ0n) is 18.9. The molecule has 164 valence electrons. The predicted molar refractivity (Wildman–Crippen MR) is 132 cm³/mol. The van der Waals surface area contributed by atoms with Gasteiger partial charge >= 0.3 is 0 Å². The summed E-state index contributed by atoms with van der Waals surface area (Å²) in [6.45, 7) is 8.28. The van der Waals surface area contributed by atoms with Crippen LogP contribution in [0.3, 0.4) is 0 Å². The van der Waals surface area contributed by atoms with E-state index in [-0.39, 0.29) is 0 Å². The quantitative estimate of drug-likeness (QED) is 0.229. The smallest absolute Gasteiger partial charge is 0.152 e. The normalized spacial score (nSPS) is 18.7. The van der Waals surface area contributed by atoms with Gasteiger partial charge in [-0.25, -0.2) is 0 Å². The minimum atomic E-state index is 0.309. The minimum Gasteiger partial charge on any atom is -0.354 e. The SMILES string of the molecule is C=C/C(=C\CCC)C(=N)/C=C(\C=O)c1cc2ccc(CC3CCCN(C)CC3)cc2[nH]1. The number of hydrogen-bond acceptors (Lipinski definition) is 3. The Labute approximate surface area is 186 Å². The molecular formula is C27H35N3O. The van der Waals surface area contributed by atoms with E-state index in [0.717, 1.165) is 53.6 Å². The van der Waals surface area contributed by atoms with E-state index >= 15 is 0 Å².